The van der Waals surface area contributed by atoms with Crippen LogP contribution in [0.3, 0.4) is 0 Å². The third-order valence-corrected chi connectivity index (χ3v) is 4.46. The summed E-state index contributed by atoms with van der Waals surface area (Å²) in [6.07, 6.45) is 12.4. The van der Waals surface area contributed by atoms with Crippen LogP contribution in [0, 0.1) is 0 Å². The zero-order valence-corrected chi connectivity index (χ0v) is 14.1. The van der Waals surface area contributed by atoms with Gasteiger partial charge in [-0.25, -0.2) is 0 Å². The molecule has 24 heavy (non-hydrogen) atoms. The largest absolute Gasteiger partial charge is 0.405 e. The maximum atomic E-state index is 5.55. The summed E-state index contributed by atoms with van der Waals surface area (Å²) in [5.74, 6) is 0. The average Bonchev–Trinajstić information content (AvgIpc) is 2.67. The van der Waals surface area contributed by atoms with E-state index in [4.69, 9.17) is 5.73 Å². The molecular weight excluding hydrogens is 292 g/mol. The number of nitrogens with one attached hydrogen (secondary N) is 1. The molecule has 2 nitrogen and oxygen atoms in total. The van der Waals surface area contributed by atoms with E-state index in [1.165, 1.54) is 27.8 Å². The second-order valence-corrected chi connectivity index (χ2v) is 6.01. The molecule has 2 aromatic carbocycles. The molecule has 0 heterocycles. The Morgan fingerprint density at radius 1 is 1.04 bits per heavy atom. The molecule has 0 aliphatic heterocycles. The van der Waals surface area contributed by atoms with Crippen molar-refractivity contribution in [3.63, 3.8) is 0 Å². The first-order valence-electron chi connectivity index (χ1n) is 8.44. The SMILES string of the molecule is CNC(/C=C\N)c1cccc(-c2ccc(C3=CC=CCC3)cc2)c1. The minimum Gasteiger partial charge on any atom is -0.405 e. The fraction of sp³-hybridized carbons (Fsp3) is 0.182. The van der Waals surface area contributed by atoms with E-state index < -0.39 is 0 Å². The second kappa shape index (κ2) is 7.80. The highest BCUT2D eigenvalue weighted by Gasteiger charge is 2.08. The zero-order chi connectivity index (χ0) is 16.8. The molecule has 2 aromatic rings. The molecule has 1 atom stereocenters. The molecule has 3 N–H and O–H groups in total. The predicted molar refractivity (Wildman–Crippen MR) is 103 cm³/mol. The lowest BCUT2D eigenvalue weighted by Gasteiger charge is -2.14. The lowest BCUT2D eigenvalue weighted by atomic mass is 9.94. The van der Waals surface area contributed by atoms with E-state index in [-0.39, 0.29) is 6.04 Å². The maximum Gasteiger partial charge on any atom is 0.0520 e. The van der Waals surface area contributed by atoms with Crippen LogP contribution in [0.1, 0.15) is 30.0 Å². The summed E-state index contributed by atoms with van der Waals surface area (Å²) in [4.78, 5) is 0. The number of nitrogens with two attached hydrogens (primary N) is 1. The lowest BCUT2D eigenvalue weighted by molar-refractivity contribution is 0.714. The Balaban J connectivity index is 1.86. The molecule has 1 unspecified atom stereocenters. The van der Waals surface area contributed by atoms with E-state index in [9.17, 15) is 0 Å². The van der Waals surface area contributed by atoms with Crippen molar-refractivity contribution in [1.82, 2.24) is 5.32 Å². The summed E-state index contributed by atoms with van der Waals surface area (Å²) in [7, 11) is 1.94. The first-order valence-corrected chi connectivity index (χ1v) is 8.44. The van der Waals surface area contributed by atoms with Gasteiger partial charge in [-0.2, -0.15) is 0 Å². The van der Waals surface area contributed by atoms with Gasteiger partial charge in [0.1, 0.15) is 0 Å². The van der Waals surface area contributed by atoms with E-state index in [0.29, 0.717) is 0 Å². The Labute approximate surface area is 144 Å². The van der Waals surface area contributed by atoms with Crippen molar-refractivity contribution >= 4 is 5.57 Å². The normalized spacial score (nSPS) is 15.5. The number of hydrogen-bond acceptors (Lipinski definition) is 2. The van der Waals surface area contributed by atoms with Crippen molar-refractivity contribution in [2.75, 3.05) is 7.05 Å². The van der Waals surface area contributed by atoms with Crippen LogP contribution < -0.4 is 11.1 Å². The number of likely N-dealkylation sites (N-methyl/N-ethyl adjacent to an activating group) is 1. The fourth-order valence-corrected chi connectivity index (χ4v) is 3.12. The zero-order valence-electron chi connectivity index (χ0n) is 14.1. The van der Waals surface area contributed by atoms with Crippen LogP contribution in [0.25, 0.3) is 16.7 Å². The van der Waals surface area contributed by atoms with Crippen LogP contribution in [-0.4, -0.2) is 7.05 Å². The third-order valence-electron chi connectivity index (χ3n) is 4.46. The van der Waals surface area contributed by atoms with Crippen molar-refractivity contribution in [2.24, 2.45) is 5.73 Å². The van der Waals surface area contributed by atoms with Crippen molar-refractivity contribution in [2.45, 2.75) is 18.9 Å². The van der Waals surface area contributed by atoms with Gasteiger partial charge in [-0.05, 0) is 66.1 Å². The molecule has 2 heteroatoms. The molecule has 0 aromatic heterocycles. The first kappa shape index (κ1) is 16.3. The van der Waals surface area contributed by atoms with Crippen molar-refractivity contribution < 1.29 is 0 Å². The van der Waals surface area contributed by atoms with Crippen LogP contribution in [0.2, 0.25) is 0 Å². The monoisotopic (exact) mass is 316 g/mol. The highest BCUT2D eigenvalue weighted by atomic mass is 14.9. The Morgan fingerprint density at radius 3 is 2.50 bits per heavy atom. The topological polar surface area (TPSA) is 38.0 Å². The summed E-state index contributed by atoms with van der Waals surface area (Å²) >= 11 is 0. The van der Waals surface area contributed by atoms with E-state index in [1.54, 1.807) is 6.20 Å². The first-order chi connectivity index (χ1) is 11.8. The molecule has 0 bridgehead atoms. The number of benzene rings is 2. The molecule has 0 saturated heterocycles. The van der Waals surface area contributed by atoms with Gasteiger partial charge in [-0.15, -0.1) is 0 Å². The van der Waals surface area contributed by atoms with Gasteiger partial charge in [-0.3, -0.25) is 0 Å². The van der Waals surface area contributed by atoms with Gasteiger partial charge in [0.15, 0.2) is 0 Å². The summed E-state index contributed by atoms with van der Waals surface area (Å²) in [6, 6.07) is 17.6. The Hall–Kier alpha value is -2.58. The van der Waals surface area contributed by atoms with Crippen molar-refractivity contribution in [1.29, 1.82) is 0 Å². The molecule has 0 amide bonds. The van der Waals surface area contributed by atoms with E-state index in [1.807, 2.05) is 13.1 Å². The predicted octanol–water partition coefficient (Wildman–Crippen LogP) is 4.82. The Kier molecular flexibility index (Phi) is 5.29. The van der Waals surface area contributed by atoms with Crippen LogP contribution in [0.5, 0.6) is 0 Å². The van der Waals surface area contributed by atoms with Gasteiger partial charge >= 0.3 is 0 Å². The molecule has 0 spiro atoms. The summed E-state index contributed by atoms with van der Waals surface area (Å²) < 4.78 is 0. The molecule has 1 aliphatic rings. The van der Waals surface area contributed by atoms with Gasteiger partial charge in [0, 0.05) is 0 Å². The van der Waals surface area contributed by atoms with E-state index in [0.717, 1.165) is 12.8 Å². The van der Waals surface area contributed by atoms with Crippen molar-refractivity contribution in [3.8, 4) is 11.1 Å². The van der Waals surface area contributed by atoms with Crippen LogP contribution in [-0.2, 0) is 0 Å². The van der Waals surface area contributed by atoms with Crippen molar-refractivity contribution in [3.05, 3.63) is 90.2 Å². The Bertz CT molecular complexity index is 767. The molecule has 0 fully saturated rings. The summed E-state index contributed by atoms with van der Waals surface area (Å²) in [5, 5.41) is 3.27. The van der Waals surface area contributed by atoms with E-state index in [2.05, 4.69) is 72.1 Å². The average molecular weight is 316 g/mol. The molecule has 1 aliphatic carbocycles. The molecular formula is C22H24N2. The molecule has 0 radical (unpaired) electrons. The fourth-order valence-electron chi connectivity index (χ4n) is 3.12. The number of hydrogen-bond donors (Lipinski definition) is 2. The minimum absolute atomic E-state index is 0.133. The highest BCUT2D eigenvalue weighted by Crippen LogP contribution is 2.28. The summed E-state index contributed by atoms with van der Waals surface area (Å²) in [6.45, 7) is 0. The lowest BCUT2D eigenvalue weighted by Crippen LogP contribution is -2.14. The maximum absolute atomic E-state index is 5.55. The number of allylic oxidation sites excluding steroid dienone is 4. The second-order valence-electron chi connectivity index (χ2n) is 6.01. The minimum atomic E-state index is 0.133. The molecule has 0 saturated carbocycles. The third kappa shape index (κ3) is 3.66. The number of rotatable bonds is 5. The van der Waals surface area contributed by atoms with E-state index >= 15 is 0 Å². The van der Waals surface area contributed by atoms with Crippen LogP contribution in [0.4, 0.5) is 0 Å². The standard InChI is InChI=1S/C22H24N2/c1-24-22(14-15-23)21-9-5-8-20(16-21)19-12-10-18(11-13-19)17-6-3-2-4-7-17/h2-3,5-6,8-16,22,24H,4,7,23H2,1H3/b15-14-. The highest BCUT2D eigenvalue weighted by molar-refractivity contribution is 5.72. The smallest absolute Gasteiger partial charge is 0.0520 e. The van der Waals surface area contributed by atoms with Gasteiger partial charge in [0.25, 0.3) is 0 Å². The molecule has 122 valence electrons. The summed E-state index contributed by atoms with van der Waals surface area (Å²) in [5.41, 5.74) is 12.0. The van der Waals surface area contributed by atoms with Gasteiger partial charge in [0.2, 0.25) is 0 Å². The molecule has 3 rings (SSSR count). The Morgan fingerprint density at radius 2 is 1.83 bits per heavy atom. The van der Waals surface area contributed by atoms with Gasteiger partial charge < -0.3 is 11.1 Å². The van der Waals surface area contributed by atoms with Crippen LogP contribution >= 0.6 is 0 Å². The van der Waals surface area contributed by atoms with Gasteiger partial charge in [0.05, 0.1) is 6.04 Å². The quantitative estimate of drug-likeness (QED) is 0.830. The van der Waals surface area contributed by atoms with Gasteiger partial charge in [-0.1, -0.05) is 60.7 Å². The van der Waals surface area contributed by atoms with Crippen LogP contribution in [0.15, 0.2) is 79.0 Å².